The molecule has 5 heteroatoms. The second-order valence-electron chi connectivity index (χ2n) is 6.52. The fraction of sp³-hybridized carbons (Fsp3) is 0.533. The van der Waals surface area contributed by atoms with E-state index in [1.807, 2.05) is 27.7 Å². The third kappa shape index (κ3) is 3.10. The summed E-state index contributed by atoms with van der Waals surface area (Å²) in [5.41, 5.74) is 4.94. The lowest BCUT2D eigenvalue weighted by Gasteiger charge is -2.47. The molecule has 1 heterocycles. The molecule has 0 aliphatic carbocycles. The van der Waals surface area contributed by atoms with Crippen LogP contribution < -0.4 is 5.73 Å². The summed E-state index contributed by atoms with van der Waals surface area (Å²) in [5, 5.41) is 0. The van der Waals surface area contributed by atoms with E-state index in [0.717, 1.165) is 0 Å². The Labute approximate surface area is 118 Å². The Bertz CT molecular complexity index is 525. The molecule has 0 spiro atoms. The monoisotopic (exact) mass is 280 g/mol. The molecular weight excluding hydrogens is 259 g/mol. The Balaban J connectivity index is 2.26. The van der Waals surface area contributed by atoms with Crippen molar-refractivity contribution in [3.8, 4) is 0 Å². The molecule has 0 atom stereocenters. The van der Waals surface area contributed by atoms with Crippen LogP contribution >= 0.6 is 0 Å². The maximum atomic E-state index is 13.5. The highest BCUT2D eigenvalue weighted by Gasteiger charge is 2.40. The first-order valence-electron chi connectivity index (χ1n) is 6.64. The second kappa shape index (κ2) is 4.74. The van der Waals surface area contributed by atoms with Crippen LogP contribution in [0.15, 0.2) is 18.2 Å². The highest BCUT2D eigenvalue weighted by Crippen LogP contribution is 2.29. The number of nitrogens with zero attached hydrogens (tertiary/aromatic N) is 1. The van der Waals surface area contributed by atoms with Gasteiger partial charge in [0.25, 0.3) is 5.91 Å². The smallest absolute Gasteiger partial charge is 0.254 e. The Morgan fingerprint density at radius 1 is 1.25 bits per heavy atom. The van der Waals surface area contributed by atoms with E-state index in [0.29, 0.717) is 18.7 Å². The van der Waals surface area contributed by atoms with Crippen LogP contribution in [-0.2, 0) is 4.74 Å². The van der Waals surface area contributed by atoms with E-state index in [2.05, 4.69) is 0 Å². The van der Waals surface area contributed by atoms with Crippen LogP contribution in [0.5, 0.6) is 0 Å². The van der Waals surface area contributed by atoms with Gasteiger partial charge in [-0.1, -0.05) is 0 Å². The summed E-state index contributed by atoms with van der Waals surface area (Å²) < 4.78 is 19.4. The number of morpholine rings is 1. The van der Waals surface area contributed by atoms with E-state index in [-0.39, 0.29) is 11.6 Å². The van der Waals surface area contributed by atoms with Crippen LogP contribution in [0.3, 0.4) is 0 Å². The topological polar surface area (TPSA) is 55.6 Å². The quantitative estimate of drug-likeness (QED) is 0.804. The lowest BCUT2D eigenvalue weighted by atomic mass is 9.98. The number of amides is 1. The first-order valence-corrected chi connectivity index (χ1v) is 6.64. The Hall–Kier alpha value is -1.62. The van der Waals surface area contributed by atoms with Crippen molar-refractivity contribution >= 4 is 11.6 Å². The zero-order valence-corrected chi connectivity index (χ0v) is 12.4. The number of hydrogen-bond donors (Lipinski definition) is 1. The first-order chi connectivity index (χ1) is 9.10. The fourth-order valence-electron chi connectivity index (χ4n) is 2.77. The summed E-state index contributed by atoms with van der Waals surface area (Å²) in [5.74, 6) is -0.768. The van der Waals surface area contributed by atoms with Gasteiger partial charge in [-0.25, -0.2) is 4.39 Å². The van der Waals surface area contributed by atoms with Crippen LogP contribution in [0.25, 0.3) is 0 Å². The van der Waals surface area contributed by atoms with E-state index >= 15 is 0 Å². The Kier molecular flexibility index (Phi) is 3.50. The van der Waals surface area contributed by atoms with Crippen LogP contribution in [0.1, 0.15) is 38.1 Å². The molecule has 1 saturated heterocycles. The molecule has 2 rings (SSSR count). The fourth-order valence-corrected chi connectivity index (χ4v) is 2.77. The molecule has 0 unspecified atom stereocenters. The largest absolute Gasteiger partial charge is 0.396 e. The third-order valence-corrected chi connectivity index (χ3v) is 3.23. The van der Waals surface area contributed by atoms with Gasteiger partial charge in [0.2, 0.25) is 0 Å². The van der Waals surface area contributed by atoms with E-state index in [9.17, 15) is 9.18 Å². The molecule has 0 radical (unpaired) electrons. The first kappa shape index (κ1) is 14.8. The number of hydrogen-bond acceptors (Lipinski definition) is 3. The molecule has 20 heavy (non-hydrogen) atoms. The molecule has 2 N–H and O–H groups in total. The van der Waals surface area contributed by atoms with Gasteiger partial charge in [-0.3, -0.25) is 4.79 Å². The molecule has 1 fully saturated rings. The minimum absolute atomic E-state index is 0.0455. The maximum Gasteiger partial charge on any atom is 0.254 e. The summed E-state index contributed by atoms with van der Waals surface area (Å²) in [7, 11) is 0. The van der Waals surface area contributed by atoms with Crippen molar-refractivity contribution in [1.82, 2.24) is 4.90 Å². The number of carbonyl (C=O) groups excluding carboxylic acids is 1. The molecule has 1 amide bonds. The van der Waals surface area contributed by atoms with Crippen LogP contribution in [0, 0.1) is 5.82 Å². The van der Waals surface area contributed by atoms with Gasteiger partial charge in [-0.15, -0.1) is 0 Å². The molecule has 4 nitrogen and oxygen atoms in total. The molecule has 0 bridgehead atoms. The molecule has 0 aromatic heterocycles. The van der Waals surface area contributed by atoms with Crippen molar-refractivity contribution < 1.29 is 13.9 Å². The molecular formula is C15H21FN2O2. The van der Waals surface area contributed by atoms with Gasteiger partial charge in [-0.05, 0) is 45.9 Å². The lowest BCUT2D eigenvalue weighted by Crippen LogP contribution is -2.58. The summed E-state index contributed by atoms with van der Waals surface area (Å²) in [6.45, 7) is 8.72. The molecule has 1 aliphatic heterocycles. The minimum Gasteiger partial charge on any atom is -0.396 e. The number of benzene rings is 1. The van der Waals surface area contributed by atoms with Crippen molar-refractivity contribution in [2.45, 2.75) is 38.9 Å². The maximum absolute atomic E-state index is 13.5. The van der Waals surface area contributed by atoms with E-state index < -0.39 is 17.0 Å². The van der Waals surface area contributed by atoms with E-state index in [1.165, 1.54) is 12.1 Å². The zero-order valence-electron chi connectivity index (χ0n) is 12.4. The van der Waals surface area contributed by atoms with Crippen molar-refractivity contribution in [3.05, 3.63) is 29.6 Å². The lowest BCUT2D eigenvalue weighted by molar-refractivity contribution is -0.171. The van der Waals surface area contributed by atoms with Gasteiger partial charge < -0.3 is 15.4 Å². The van der Waals surface area contributed by atoms with Crippen molar-refractivity contribution in [2.75, 3.05) is 18.8 Å². The highest BCUT2D eigenvalue weighted by molar-refractivity contribution is 5.94. The summed E-state index contributed by atoms with van der Waals surface area (Å²) in [6.07, 6.45) is 0. The zero-order chi connectivity index (χ0) is 15.1. The number of rotatable bonds is 1. The van der Waals surface area contributed by atoms with Gasteiger partial charge >= 0.3 is 0 Å². The van der Waals surface area contributed by atoms with Crippen molar-refractivity contribution in [1.29, 1.82) is 0 Å². The summed E-state index contributed by atoms with van der Waals surface area (Å²) in [4.78, 5) is 14.2. The van der Waals surface area contributed by atoms with Crippen LogP contribution in [0.4, 0.5) is 10.1 Å². The Morgan fingerprint density at radius 2 is 1.80 bits per heavy atom. The van der Waals surface area contributed by atoms with Gasteiger partial charge in [0.15, 0.2) is 0 Å². The van der Waals surface area contributed by atoms with Crippen molar-refractivity contribution in [3.63, 3.8) is 0 Å². The molecule has 0 saturated carbocycles. The van der Waals surface area contributed by atoms with Gasteiger partial charge in [0.05, 0.1) is 16.9 Å². The standard InChI is InChI=1S/C15H21FN2O2/c1-14(2)8-18(9-15(3,4)20-14)13(19)10-5-6-12(17)11(16)7-10/h5-7H,8-9,17H2,1-4H3. The predicted octanol–water partition coefficient (Wildman–Crippen LogP) is 2.44. The second-order valence-corrected chi connectivity index (χ2v) is 6.52. The van der Waals surface area contributed by atoms with Gasteiger partial charge in [-0.2, -0.15) is 0 Å². The number of halogens is 1. The summed E-state index contributed by atoms with van der Waals surface area (Å²) >= 11 is 0. The molecule has 1 aliphatic rings. The van der Waals surface area contributed by atoms with E-state index in [4.69, 9.17) is 10.5 Å². The highest BCUT2D eigenvalue weighted by atomic mass is 19.1. The third-order valence-electron chi connectivity index (χ3n) is 3.23. The summed E-state index contributed by atoms with van der Waals surface area (Å²) in [6, 6.07) is 4.16. The van der Waals surface area contributed by atoms with Crippen LogP contribution in [0.2, 0.25) is 0 Å². The van der Waals surface area contributed by atoms with Gasteiger partial charge in [0, 0.05) is 18.7 Å². The van der Waals surface area contributed by atoms with Crippen LogP contribution in [-0.4, -0.2) is 35.1 Å². The number of ether oxygens (including phenoxy) is 1. The minimum atomic E-state index is -0.567. The number of nitrogen functional groups attached to an aromatic ring is 1. The normalized spacial score (nSPS) is 20.8. The molecule has 1 aromatic carbocycles. The number of nitrogens with two attached hydrogens (primary N) is 1. The van der Waals surface area contributed by atoms with Crippen molar-refractivity contribution in [2.24, 2.45) is 0 Å². The van der Waals surface area contributed by atoms with Gasteiger partial charge in [0.1, 0.15) is 5.82 Å². The SMILES string of the molecule is CC1(C)CN(C(=O)c2ccc(N)c(F)c2)CC(C)(C)O1. The predicted molar refractivity (Wildman–Crippen MR) is 76.0 cm³/mol. The molecule has 110 valence electrons. The Morgan fingerprint density at radius 3 is 2.30 bits per heavy atom. The number of carbonyl (C=O) groups is 1. The average molecular weight is 280 g/mol. The van der Waals surface area contributed by atoms with E-state index in [1.54, 1.807) is 11.0 Å². The average Bonchev–Trinajstić information content (AvgIpc) is 2.27. The molecule has 1 aromatic rings. The number of anilines is 1.